The number of carbonyl (C=O) groups is 3. The highest BCUT2D eigenvalue weighted by Gasteiger charge is 2.43. The van der Waals surface area contributed by atoms with E-state index in [2.05, 4.69) is 16.0 Å². The van der Waals surface area contributed by atoms with Crippen molar-refractivity contribution in [1.82, 2.24) is 16.0 Å². The number of hydrogen-bond acceptors (Lipinski definition) is 5. The predicted molar refractivity (Wildman–Crippen MR) is 97.5 cm³/mol. The number of ketones is 1. The standard InChI is InChI=1S/C19H26N4O3/c20-11-16(24)19(8-4-5-9-19)23-18(26)15-10-14(12-21-15)22-17(25)13-6-2-1-3-7-13/h1-3,6-7,14-15,21H,4-5,8-12,20H2,(H,22,25)(H,23,26). The molecule has 1 saturated carbocycles. The zero-order valence-corrected chi connectivity index (χ0v) is 14.8. The number of nitrogens with two attached hydrogens (primary N) is 1. The summed E-state index contributed by atoms with van der Waals surface area (Å²) in [7, 11) is 0. The molecule has 1 aliphatic carbocycles. The molecule has 1 aliphatic heterocycles. The van der Waals surface area contributed by atoms with Gasteiger partial charge in [0.25, 0.3) is 5.91 Å². The number of benzene rings is 1. The first-order chi connectivity index (χ1) is 12.5. The van der Waals surface area contributed by atoms with Crippen LogP contribution in [0, 0.1) is 0 Å². The average molecular weight is 358 g/mol. The lowest BCUT2D eigenvalue weighted by atomic mass is 9.91. The number of hydrogen-bond donors (Lipinski definition) is 4. The van der Waals surface area contributed by atoms with Crippen molar-refractivity contribution in [2.24, 2.45) is 5.73 Å². The molecule has 1 aromatic rings. The summed E-state index contributed by atoms with van der Waals surface area (Å²) in [5.41, 5.74) is 5.32. The number of rotatable bonds is 6. The van der Waals surface area contributed by atoms with Crippen LogP contribution in [0.3, 0.4) is 0 Å². The first-order valence-corrected chi connectivity index (χ1v) is 9.19. The molecule has 7 nitrogen and oxygen atoms in total. The molecule has 1 saturated heterocycles. The Balaban J connectivity index is 1.55. The molecule has 2 aliphatic rings. The van der Waals surface area contributed by atoms with E-state index in [4.69, 9.17) is 5.73 Å². The molecule has 0 bridgehead atoms. The van der Waals surface area contributed by atoms with Crippen molar-refractivity contribution in [3.63, 3.8) is 0 Å². The molecule has 3 rings (SSSR count). The van der Waals surface area contributed by atoms with Crippen LogP contribution < -0.4 is 21.7 Å². The lowest BCUT2D eigenvalue weighted by Gasteiger charge is -2.29. The summed E-state index contributed by atoms with van der Waals surface area (Å²) in [6.45, 7) is 0.461. The Morgan fingerprint density at radius 1 is 1.15 bits per heavy atom. The monoisotopic (exact) mass is 358 g/mol. The molecule has 140 valence electrons. The van der Waals surface area contributed by atoms with Crippen molar-refractivity contribution in [3.05, 3.63) is 35.9 Å². The molecule has 1 heterocycles. The van der Waals surface area contributed by atoms with Gasteiger partial charge in [-0.2, -0.15) is 0 Å². The van der Waals surface area contributed by atoms with Gasteiger partial charge in [-0.25, -0.2) is 0 Å². The fourth-order valence-electron chi connectivity index (χ4n) is 3.87. The molecule has 1 aromatic carbocycles. The Morgan fingerprint density at radius 2 is 1.85 bits per heavy atom. The Kier molecular flexibility index (Phi) is 5.68. The van der Waals surface area contributed by atoms with Crippen molar-refractivity contribution < 1.29 is 14.4 Å². The molecular formula is C19H26N4O3. The van der Waals surface area contributed by atoms with Gasteiger partial charge in [-0.1, -0.05) is 31.0 Å². The third-order valence-electron chi connectivity index (χ3n) is 5.36. The molecule has 0 aromatic heterocycles. The van der Waals surface area contributed by atoms with Crippen molar-refractivity contribution in [3.8, 4) is 0 Å². The molecule has 2 unspecified atom stereocenters. The van der Waals surface area contributed by atoms with Gasteiger partial charge < -0.3 is 21.7 Å². The largest absolute Gasteiger partial charge is 0.348 e. The summed E-state index contributed by atoms with van der Waals surface area (Å²) in [6.07, 6.45) is 3.63. The van der Waals surface area contributed by atoms with Crippen LogP contribution in [0.1, 0.15) is 42.5 Å². The lowest BCUT2D eigenvalue weighted by molar-refractivity contribution is -0.132. The van der Waals surface area contributed by atoms with E-state index in [-0.39, 0.29) is 30.2 Å². The van der Waals surface area contributed by atoms with Gasteiger partial charge in [0.05, 0.1) is 18.1 Å². The SMILES string of the molecule is NCC(=O)C1(NC(=O)C2CC(NC(=O)c3ccccc3)CN2)CCCC1. The van der Waals surface area contributed by atoms with E-state index in [0.717, 1.165) is 12.8 Å². The Morgan fingerprint density at radius 3 is 2.50 bits per heavy atom. The van der Waals surface area contributed by atoms with E-state index in [0.29, 0.717) is 31.4 Å². The average Bonchev–Trinajstić information content (AvgIpc) is 3.32. The van der Waals surface area contributed by atoms with E-state index in [9.17, 15) is 14.4 Å². The summed E-state index contributed by atoms with van der Waals surface area (Å²) < 4.78 is 0. The van der Waals surface area contributed by atoms with Gasteiger partial charge in [0.2, 0.25) is 5.91 Å². The Labute approximate surface area is 153 Å². The van der Waals surface area contributed by atoms with E-state index < -0.39 is 11.6 Å². The van der Waals surface area contributed by atoms with Crippen LogP contribution in [0.15, 0.2) is 30.3 Å². The minimum atomic E-state index is -0.807. The van der Waals surface area contributed by atoms with Gasteiger partial charge in [0, 0.05) is 18.2 Å². The third kappa shape index (κ3) is 3.94. The van der Waals surface area contributed by atoms with Crippen molar-refractivity contribution in [2.75, 3.05) is 13.1 Å². The zero-order chi connectivity index (χ0) is 18.6. The van der Waals surface area contributed by atoms with Crippen molar-refractivity contribution in [1.29, 1.82) is 0 Å². The lowest BCUT2D eigenvalue weighted by Crippen LogP contribution is -2.58. The molecule has 5 N–H and O–H groups in total. The van der Waals surface area contributed by atoms with E-state index >= 15 is 0 Å². The maximum atomic E-state index is 12.6. The second-order valence-corrected chi connectivity index (χ2v) is 7.14. The van der Waals surface area contributed by atoms with E-state index in [1.165, 1.54) is 0 Å². The first kappa shape index (κ1) is 18.5. The Bertz CT molecular complexity index is 671. The summed E-state index contributed by atoms with van der Waals surface area (Å²) >= 11 is 0. The summed E-state index contributed by atoms with van der Waals surface area (Å²) in [5.74, 6) is -0.440. The number of Topliss-reactive ketones (excluding diaryl/α,β-unsaturated/α-hetero) is 1. The van der Waals surface area contributed by atoms with Crippen LogP contribution in [0.4, 0.5) is 0 Å². The maximum Gasteiger partial charge on any atom is 0.251 e. The zero-order valence-electron chi connectivity index (χ0n) is 14.8. The first-order valence-electron chi connectivity index (χ1n) is 9.19. The molecule has 7 heteroatoms. The van der Waals surface area contributed by atoms with Crippen molar-refractivity contribution >= 4 is 17.6 Å². The van der Waals surface area contributed by atoms with Gasteiger partial charge in [-0.15, -0.1) is 0 Å². The molecule has 0 spiro atoms. The number of nitrogens with one attached hydrogen (secondary N) is 3. The highest BCUT2D eigenvalue weighted by Crippen LogP contribution is 2.30. The van der Waals surface area contributed by atoms with Gasteiger partial charge in [0.1, 0.15) is 0 Å². The highest BCUT2D eigenvalue weighted by molar-refractivity contribution is 5.96. The van der Waals surface area contributed by atoms with Crippen molar-refractivity contribution in [2.45, 2.75) is 49.7 Å². The molecule has 2 amide bonds. The number of amides is 2. The van der Waals surface area contributed by atoms with Crippen LogP contribution in [-0.2, 0) is 9.59 Å². The normalized spacial score (nSPS) is 24.2. The predicted octanol–water partition coefficient (Wildman–Crippen LogP) is 0.104. The molecule has 2 atom stereocenters. The van der Waals surface area contributed by atoms with Gasteiger partial charge in [0.15, 0.2) is 5.78 Å². The molecular weight excluding hydrogens is 332 g/mol. The molecule has 2 fully saturated rings. The fourth-order valence-corrected chi connectivity index (χ4v) is 3.87. The minimum Gasteiger partial charge on any atom is -0.348 e. The Hall–Kier alpha value is -2.25. The van der Waals surface area contributed by atoms with Gasteiger partial charge in [-0.3, -0.25) is 14.4 Å². The number of carbonyl (C=O) groups excluding carboxylic acids is 3. The molecule has 0 radical (unpaired) electrons. The van der Waals surface area contributed by atoms with Crippen LogP contribution in [0.2, 0.25) is 0 Å². The van der Waals surface area contributed by atoms with Crippen LogP contribution in [-0.4, -0.2) is 48.3 Å². The van der Waals surface area contributed by atoms with Crippen LogP contribution >= 0.6 is 0 Å². The second-order valence-electron chi connectivity index (χ2n) is 7.14. The minimum absolute atomic E-state index is 0.0614. The van der Waals surface area contributed by atoms with Gasteiger partial charge in [-0.05, 0) is 31.4 Å². The molecule has 26 heavy (non-hydrogen) atoms. The smallest absolute Gasteiger partial charge is 0.251 e. The summed E-state index contributed by atoms with van der Waals surface area (Å²) in [6, 6.07) is 8.45. The van der Waals surface area contributed by atoms with E-state index in [1.54, 1.807) is 12.1 Å². The third-order valence-corrected chi connectivity index (χ3v) is 5.36. The highest BCUT2D eigenvalue weighted by atomic mass is 16.2. The fraction of sp³-hybridized carbons (Fsp3) is 0.526. The van der Waals surface area contributed by atoms with Crippen LogP contribution in [0.5, 0.6) is 0 Å². The summed E-state index contributed by atoms with van der Waals surface area (Å²) in [4.78, 5) is 37.1. The van der Waals surface area contributed by atoms with E-state index in [1.807, 2.05) is 18.2 Å². The second kappa shape index (κ2) is 7.97. The maximum absolute atomic E-state index is 12.6. The quantitative estimate of drug-likeness (QED) is 0.576. The van der Waals surface area contributed by atoms with Crippen LogP contribution in [0.25, 0.3) is 0 Å². The summed E-state index contributed by atoms with van der Waals surface area (Å²) in [5, 5.41) is 9.04. The topological polar surface area (TPSA) is 113 Å². The van der Waals surface area contributed by atoms with Gasteiger partial charge >= 0.3 is 0 Å².